The van der Waals surface area contributed by atoms with Gasteiger partial charge in [-0.15, -0.1) is 0 Å². The smallest absolute Gasteiger partial charge is 0.269 e. The van der Waals surface area contributed by atoms with Gasteiger partial charge in [0.25, 0.3) is 17.5 Å². The van der Waals surface area contributed by atoms with Crippen LogP contribution in [0.5, 0.6) is 0 Å². The van der Waals surface area contributed by atoms with Crippen LogP contribution in [0.2, 0.25) is 0 Å². The predicted octanol–water partition coefficient (Wildman–Crippen LogP) is 2.99. The van der Waals surface area contributed by atoms with Crippen LogP contribution in [0.25, 0.3) is 0 Å². The standard InChI is InChI=1S/C17H17N3O4/c1-11(2)18-16(21)12-3-7-14(8-4-12)19-17(22)13-5-9-15(10-6-13)20(23)24/h3-11H,1-2H3,(H,18,21)(H,19,22). The number of nitro benzene ring substituents is 1. The maximum atomic E-state index is 12.1. The predicted molar refractivity (Wildman–Crippen MR) is 90.1 cm³/mol. The number of anilines is 1. The van der Waals surface area contributed by atoms with Gasteiger partial charge in [0.05, 0.1) is 4.92 Å². The van der Waals surface area contributed by atoms with E-state index in [4.69, 9.17) is 0 Å². The molecule has 0 radical (unpaired) electrons. The number of amides is 2. The summed E-state index contributed by atoms with van der Waals surface area (Å²) in [6.07, 6.45) is 0. The van der Waals surface area contributed by atoms with Gasteiger partial charge >= 0.3 is 0 Å². The van der Waals surface area contributed by atoms with Gasteiger partial charge in [-0.25, -0.2) is 0 Å². The third-order valence-corrected chi connectivity index (χ3v) is 3.17. The zero-order valence-electron chi connectivity index (χ0n) is 13.3. The van der Waals surface area contributed by atoms with E-state index < -0.39 is 4.92 Å². The van der Waals surface area contributed by atoms with Gasteiger partial charge in [-0.05, 0) is 50.2 Å². The molecule has 0 heterocycles. The van der Waals surface area contributed by atoms with Crippen LogP contribution in [-0.2, 0) is 0 Å². The third-order valence-electron chi connectivity index (χ3n) is 3.17. The normalized spacial score (nSPS) is 10.3. The molecule has 7 heteroatoms. The molecule has 0 bridgehead atoms. The number of carbonyl (C=O) groups is 2. The van der Waals surface area contributed by atoms with Crippen molar-refractivity contribution in [3.05, 3.63) is 69.8 Å². The lowest BCUT2D eigenvalue weighted by molar-refractivity contribution is -0.384. The van der Waals surface area contributed by atoms with Gasteiger partial charge in [0.1, 0.15) is 0 Å². The van der Waals surface area contributed by atoms with Gasteiger partial charge < -0.3 is 10.6 Å². The van der Waals surface area contributed by atoms with E-state index in [1.54, 1.807) is 24.3 Å². The van der Waals surface area contributed by atoms with Crippen LogP contribution in [-0.4, -0.2) is 22.8 Å². The van der Waals surface area contributed by atoms with Crippen LogP contribution >= 0.6 is 0 Å². The van der Waals surface area contributed by atoms with E-state index in [-0.39, 0.29) is 23.5 Å². The second kappa shape index (κ2) is 7.36. The molecule has 2 aromatic rings. The highest BCUT2D eigenvalue weighted by Crippen LogP contribution is 2.15. The van der Waals surface area contributed by atoms with E-state index in [9.17, 15) is 19.7 Å². The highest BCUT2D eigenvalue weighted by molar-refractivity contribution is 6.04. The number of hydrogen-bond acceptors (Lipinski definition) is 4. The molecule has 0 aliphatic rings. The van der Waals surface area contributed by atoms with Crippen LogP contribution in [0.4, 0.5) is 11.4 Å². The number of hydrogen-bond donors (Lipinski definition) is 2. The Morgan fingerprint density at radius 1 is 0.917 bits per heavy atom. The number of rotatable bonds is 5. The first-order chi connectivity index (χ1) is 11.4. The average molecular weight is 327 g/mol. The summed E-state index contributed by atoms with van der Waals surface area (Å²) < 4.78 is 0. The molecule has 7 nitrogen and oxygen atoms in total. The summed E-state index contributed by atoms with van der Waals surface area (Å²) in [5.74, 6) is -0.567. The van der Waals surface area contributed by atoms with Crippen LogP contribution in [0.1, 0.15) is 34.6 Å². The van der Waals surface area contributed by atoms with Gasteiger partial charge in [-0.1, -0.05) is 0 Å². The minimum absolute atomic E-state index is 0.0408. The quantitative estimate of drug-likeness (QED) is 0.651. The number of benzene rings is 2. The highest BCUT2D eigenvalue weighted by atomic mass is 16.6. The first kappa shape index (κ1) is 17.1. The Hall–Kier alpha value is -3.22. The molecule has 24 heavy (non-hydrogen) atoms. The van der Waals surface area contributed by atoms with Crippen molar-refractivity contribution in [3.8, 4) is 0 Å². The van der Waals surface area contributed by atoms with Gasteiger partial charge in [-0.3, -0.25) is 19.7 Å². The number of carbonyl (C=O) groups excluding carboxylic acids is 2. The molecule has 0 aliphatic heterocycles. The molecular weight excluding hydrogens is 310 g/mol. The van der Waals surface area contributed by atoms with Crippen molar-refractivity contribution >= 4 is 23.2 Å². The Kier molecular flexibility index (Phi) is 5.26. The van der Waals surface area contributed by atoms with E-state index in [1.165, 1.54) is 24.3 Å². The Labute approximate surface area is 138 Å². The minimum Gasteiger partial charge on any atom is -0.350 e. The van der Waals surface area contributed by atoms with Crippen molar-refractivity contribution in [1.29, 1.82) is 0 Å². The third kappa shape index (κ3) is 4.39. The fourth-order valence-electron chi connectivity index (χ4n) is 1.99. The molecule has 2 N–H and O–H groups in total. The summed E-state index contributed by atoms with van der Waals surface area (Å²) in [6.45, 7) is 3.74. The van der Waals surface area contributed by atoms with Crippen LogP contribution in [0, 0.1) is 10.1 Å². The second-order valence-electron chi connectivity index (χ2n) is 5.46. The molecule has 0 atom stereocenters. The summed E-state index contributed by atoms with van der Waals surface area (Å²) in [6, 6.07) is 11.8. The van der Waals surface area contributed by atoms with Crippen LogP contribution in [0.15, 0.2) is 48.5 Å². The summed E-state index contributed by atoms with van der Waals surface area (Å²) in [7, 11) is 0. The van der Waals surface area contributed by atoms with E-state index in [0.29, 0.717) is 16.8 Å². The molecule has 124 valence electrons. The maximum Gasteiger partial charge on any atom is 0.269 e. The minimum atomic E-state index is -0.525. The molecular formula is C17H17N3O4. The molecule has 0 spiro atoms. The summed E-state index contributed by atoms with van der Waals surface area (Å²) in [4.78, 5) is 34.0. The fourth-order valence-corrected chi connectivity index (χ4v) is 1.99. The Balaban J connectivity index is 2.04. The van der Waals surface area contributed by atoms with E-state index in [1.807, 2.05) is 13.8 Å². The molecule has 0 fully saturated rings. The van der Waals surface area contributed by atoms with Crippen LogP contribution in [0.3, 0.4) is 0 Å². The van der Waals surface area contributed by atoms with E-state index in [0.717, 1.165) is 0 Å². The van der Waals surface area contributed by atoms with Gasteiger partial charge in [0.15, 0.2) is 0 Å². The highest BCUT2D eigenvalue weighted by Gasteiger charge is 2.11. The molecule has 0 saturated heterocycles. The van der Waals surface area contributed by atoms with Crippen molar-refractivity contribution in [2.75, 3.05) is 5.32 Å². The SMILES string of the molecule is CC(C)NC(=O)c1ccc(NC(=O)c2ccc([N+](=O)[O-])cc2)cc1. The molecule has 0 aliphatic carbocycles. The first-order valence-corrected chi connectivity index (χ1v) is 7.33. The zero-order valence-corrected chi connectivity index (χ0v) is 13.3. The maximum absolute atomic E-state index is 12.1. The lowest BCUT2D eigenvalue weighted by Crippen LogP contribution is -2.30. The molecule has 0 saturated carbocycles. The number of nitro groups is 1. The van der Waals surface area contributed by atoms with Gasteiger partial charge in [0, 0.05) is 35.0 Å². The topological polar surface area (TPSA) is 101 Å². The number of non-ortho nitro benzene ring substituents is 1. The summed E-state index contributed by atoms with van der Waals surface area (Å²) >= 11 is 0. The van der Waals surface area contributed by atoms with Crippen LogP contribution < -0.4 is 10.6 Å². The fraction of sp³-hybridized carbons (Fsp3) is 0.176. The summed E-state index contributed by atoms with van der Waals surface area (Å²) in [5, 5.41) is 16.1. The monoisotopic (exact) mass is 327 g/mol. The molecule has 2 aromatic carbocycles. The van der Waals surface area contributed by atoms with Crippen molar-refractivity contribution in [2.24, 2.45) is 0 Å². The van der Waals surface area contributed by atoms with E-state index in [2.05, 4.69) is 10.6 Å². The Morgan fingerprint density at radius 2 is 1.42 bits per heavy atom. The molecule has 0 aromatic heterocycles. The van der Waals surface area contributed by atoms with Crippen molar-refractivity contribution in [2.45, 2.75) is 19.9 Å². The van der Waals surface area contributed by atoms with Crippen molar-refractivity contribution in [1.82, 2.24) is 5.32 Å². The molecule has 0 unspecified atom stereocenters. The summed E-state index contributed by atoms with van der Waals surface area (Å²) in [5.41, 5.74) is 1.26. The second-order valence-corrected chi connectivity index (χ2v) is 5.46. The van der Waals surface area contributed by atoms with Crippen molar-refractivity contribution < 1.29 is 14.5 Å². The molecule has 2 amide bonds. The van der Waals surface area contributed by atoms with Crippen molar-refractivity contribution in [3.63, 3.8) is 0 Å². The van der Waals surface area contributed by atoms with Gasteiger partial charge in [-0.2, -0.15) is 0 Å². The number of nitrogens with zero attached hydrogens (tertiary/aromatic N) is 1. The van der Waals surface area contributed by atoms with E-state index >= 15 is 0 Å². The lowest BCUT2D eigenvalue weighted by atomic mass is 10.1. The number of nitrogens with one attached hydrogen (secondary N) is 2. The Morgan fingerprint density at radius 3 is 1.92 bits per heavy atom. The largest absolute Gasteiger partial charge is 0.350 e. The molecule has 2 rings (SSSR count). The zero-order chi connectivity index (χ0) is 17.7. The average Bonchev–Trinajstić information content (AvgIpc) is 2.55. The lowest BCUT2D eigenvalue weighted by Gasteiger charge is -2.09. The van der Waals surface area contributed by atoms with Gasteiger partial charge in [0.2, 0.25) is 0 Å². The Bertz CT molecular complexity index is 752. The first-order valence-electron chi connectivity index (χ1n) is 7.33.